The van der Waals surface area contributed by atoms with E-state index < -0.39 is 0 Å². The highest BCUT2D eigenvalue weighted by Gasteiger charge is 2.32. The molecule has 0 spiro atoms. The van der Waals surface area contributed by atoms with Crippen LogP contribution >= 0.6 is 0 Å². The van der Waals surface area contributed by atoms with Crippen LogP contribution in [-0.4, -0.2) is 37.7 Å². The number of nitrogens with one attached hydrogen (secondary N) is 1. The molecular formula is C15H23N3O2. The third-order valence-corrected chi connectivity index (χ3v) is 3.41. The summed E-state index contributed by atoms with van der Waals surface area (Å²) in [6.07, 6.45) is 0.129. The fraction of sp³-hybridized carbons (Fsp3) is 0.533. The molecule has 20 heavy (non-hydrogen) atoms. The number of morpholine rings is 1. The van der Waals surface area contributed by atoms with E-state index in [0.717, 1.165) is 30.1 Å². The molecule has 0 saturated carbocycles. The second kappa shape index (κ2) is 5.32. The number of methoxy groups -OCH3 is 1. The minimum Gasteiger partial charge on any atom is -0.497 e. The van der Waals surface area contributed by atoms with E-state index in [1.54, 1.807) is 7.11 Å². The van der Waals surface area contributed by atoms with Gasteiger partial charge in [0.05, 0.1) is 24.5 Å². The maximum absolute atomic E-state index is 7.75. The van der Waals surface area contributed by atoms with Gasteiger partial charge in [-0.05, 0) is 32.9 Å². The third-order valence-electron chi connectivity index (χ3n) is 3.41. The molecule has 1 aromatic rings. The SMILES string of the molecule is COc1ccc(C(=N)N)c(N2CC(C)OC(C)(C)C2)c1. The normalized spacial score (nSPS) is 21.6. The molecule has 1 aliphatic heterocycles. The third kappa shape index (κ3) is 3.04. The van der Waals surface area contributed by atoms with E-state index in [-0.39, 0.29) is 17.5 Å². The summed E-state index contributed by atoms with van der Waals surface area (Å²) in [5.41, 5.74) is 7.13. The maximum Gasteiger partial charge on any atom is 0.124 e. The van der Waals surface area contributed by atoms with Gasteiger partial charge in [-0.3, -0.25) is 5.41 Å². The number of nitrogens with two attached hydrogens (primary N) is 1. The van der Waals surface area contributed by atoms with Crippen LogP contribution in [0.5, 0.6) is 5.75 Å². The van der Waals surface area contributed by atoms with Crippen LogP contribution in [0.4, 0.5) is 5.69 Å². The van der Waals surface area contributed by atoms with Crippen molar-refractivity contribution in [1.29, 1.82) is 5.41 Å². The first kappa shape index (κ1) is 14.7. The highest BCUT2D eigenvalue weighted by atomic mass is 16.5. The standard InChI is InChI=1S/C15H23N3O2/c1-10-8-18(9-15(2,3)20-10)13-7-11(19-4)5-6-12(13)14(16)17/h5-7,10H,8-9H2,1-4H3,(H3,16,17). The van der Waals surface area contributed by atoms with Crippen LogP contribution in [0.1, 0.15) is 26.3 Å². The lowest BCUT2D eigenvalue weighted by Gasteiger charge is -2.43. The molecule has 1 saturated heterocycles. The lowest BCUT2D eigenvalue weighted by atomic mass is 10.0. The Bertz CT molecular complexity index is 514. The van der Waals surface area contributed by atoms with E-state index in [4.69, 9.17) is 20.6 Å². The number of ether oxygens (including phenoxy) is 2. The Kier molecular flexibility index (Phi) is 3.90. The fourth-order valence-corrected chi connectivity index (χ4v) is 2.77. The average Bonchev–Trinajstić information content (AvgIpc) is 2.35. The highest BCUT2D eigenvalue weighted by Crippen LogP contribution is 2.31. The molecule has 1 unspecified atom stereocenters. The summed E-state index contributed by atoms with van der Waals surface area (Å²) in [4.78, 5) is 2.22. The Morgan fingerprint density at radius 1 is 1.50 bits per heavy atom. The van der Waals surface area contributed by atoms with Crippen LogP contribution in [-0.2, 0) is 4.74 Å². The second-order valence-electron chi connectivity index (χ2n) is 5.87. The summed E-state index contributed by atoms with van der Waals surface area (Å²) in [6, 6.07) is 5.60. The van der Waals surface area contributed by atoms with Gasteiger partial charge in [0.15, 0.2) is 0 Å². The van der Waals surface area contributed by atoms with E-state index in [1.165, 1.54) is 0 Å². The smallest absolute Gasteiger partial charge is 0.124 e. The highest BCUT2D eigenvalue weighted by molar-refractivity contribution is 6.00. The number of rotatable bonds is 3. The van der Waals surface area contributed by atoms with Crippen molar-refractivity contribution in [2.75, 3.05) is 25.1 Å². The Balaban J connectivity index is 2.41. The molecule has 5 heteroatoms. The molecular weight excluding hydrogens is 254 g/mol. The topological polar surface area (TPSA) is 71.6 Å². The van der Waals surface area contributed by atoms with E-state index in [2.05, 4.69) is 25.7 Å². The molecule has 0 bridgehead atoms. The van der Waals surface area contributed by atoms with Crippen molar-refractivity contribution in [2.24, 2.45) is 5.73 Å². The maximum atomic E-state index is 7.75. The number of amidine groups is 1. The predicted octanol–water partition coefficient (Wildman–Crippen LogP) is 1.98. The van der Waals surface area contributed by atoms with Gasteiger partial charge in [-0.1, -0.05) is 0 Å². The number of nitrogens with zero attached hydrogens (tertiary/aromatic N) is 1. The van der Waals surface area contributed by atoms with Gasteiger partial charge in [0.25, 0.3) is 0 Å². The van der Waals surface area contributed by atoms with Crippen LogP contribution in [0, 0.1) is 5.41 Å². The van der Waals surface area contributed by atoms with Gasteiger partial charge in [0.2, 0.25) is 0 Å². The molecule has 1 fully saturated rings. The van der Waals surface area contributed by atoms with E-state index in [9.17, 15) is 0 Å². The molecule has 2 rings (SSSR count). The Morgan fingerprint density at radius 3 is 2.75 bits per heavy atom. The zero-order valence-electron chi connectivity index (χ0n) is 12.6. The Labute approximate surface area is 120 Å². The van der Waals surface area contributed by atoms with Crippen molar-refractivity contribution in [3.8, 4) is 5.75 Å². The van der Waals surface area contributed by atoms with Gasteiger partial charge in [-0.15, -0.1) is 0 Å². The van der Waals surface area contributed by atoms with Crippen molar-refractivity contribution in [3.05, 3.63) is 23.8 Å². The van der Waals surface area contributed by atoms with E-state index in [1.807, 2.05) is 18.2 Å². The van der Waals surface area contributed by atoms with Gasteiger partial charge in [0, 0.05) is 24.7 Å². The molecule has 1 atom stereocenters. The minimum atomic E-state index is -0.227. The van der Waals surface area contributed by atoms with Crippen molar-refractivity contribution in [2.45, 2.75) is 32.5 Å². The minimum absolute atomic E-state index is 0.0691. The van der Waals surface area contributed by atoms with Crippen LogP contribution < -0.4 is 15.4 Å². The summed E-state index contributed by atoms with van der Waals surface area (Å²) >= 11 is 0. The molecule has 0 aromatic heterocycles. The van der Waals surface area contributed by atoms with E-state index in [0.29, 0.717) is 0 Å². The number of anilines is 1. The van der Waals surface area contributed by atoms with Crippen LogP contribution in [0.2, 0.25) is 0 Å². The zero-order valence-corrected chi connectivity index (χ0v) is 12.6. The quantitative estimate of drug-likeness (QED) is 0.654. The summed E-state index contributed by atoms with van der Waals surface area (Å²) < 4.78 is 11.2. The summed E-state index contributed by atoms with van der Waals surface area (Å²) in [6.45, 7) is 7.73. The second-order valence-corrected chi connectivity index (χ2v) is 5.87. The molecule has 110 valence electrons. The molecule has 1 heterocycles. The molecule has 0 aliphatic carbocycles. The summed E-state index contributed by atoms with van der Waals surface area (Å²) in [7, 11) is 1.64. The van der Waals surface area contributed by atoms with Crippen LogP contribution in [0.25, 0.3) is 0 Å². The van der Waals surface area contributed by atoms with Crippen LogP contribution in [0.3, 0.4) is 0 Å². The average molecular weight is 277 g/mol. The Morgan fingerprint density at radius 2 is 2.20 bits per heavy atom. The predicted molar refractivity (Wildman–Crippen MR) is 80.8 cm³/mol. The zero-order chi connectivity index (χ0) is 14.9. The van der Waals surface area contributed by atoms with Gasteiger partial charge >= 0.3 is 0 Å². The number of benzene rings is 1. The van der Waals surface area contributed by atoms with Crippen molar-refractivity contribution in [1.82, 2.24) is 0 Å². The molecule has 5 nitrogen and oxygen atoms in total. The van der Waals surface area contributed by atoms with E-state index >= 15 is 0 Å². The number of nitrogen functional groups attached to an aromatic ring is 1. The number of hydrogen-bond donors (Lipinski definition) is 2. The van der Waals surface area contributed by atoms with Crippen LogP contribution in [0.15, 0.2) is 18.2 Å². The first-order valence-corrected chi connectivity index (χ1v) is 6.77. The first-order valence-electron chi connectivity index (χ1n) is 6.77. The van der Waals surface area contributed by atoms with Crippen molar-refractivity contribution >= 4 is 11.5 Å². The van der Waals surface area contributed by atoms with Gasteiger partial charge in [-0.25, -0.2) is 0 Å². The van der Waals surface area contributed by atoms with Gasteiger partial charge in [-0.2, -0.15) is 0 Å². The first-order chi connectivity index (χ1) is 9.32. The fourth-order valence-electron chi connectivity index (χ4n) is 2.77. The lowest BCUT2D eigenvalue weighted by Crippen LogP contribution is -2.52. The van der Waals surface area contributed by atoms with Gasteiger partial charge < -0.3 is 20.1 Å². The Hall–Kier alpha value is -1.75. The van der Waals surface area contributed by atoms with Crippen molar-refractivity contribution in [3.63, 3.8) is 0 Å². The monoisotopic (exact) mass is 277 g/mol. The lowest BCUT2D eigenvalue weighted by molar-refractivity contribution is -0.0749. The molecule has 1 aliphatic rings. The van der Waals surface area contributed by atoms with Gasteiger partial charge in [0.1, 0.15) is 11.6 Å². The van der Waals surface area contributed by atoms with Crippen molar-refractivity contribution < 1.29 is 9.47 Å². The molecule has 0 radical (unpaired) electrons. The summed E-state index contributed by atoms with van der Waals surface area (Å²) in [5.74, 6) is 0.835. The molecule has 3 N–H and O–H groups in total. The largest absolute Gasteiger partial charge is 0.497 e. The number of hydrogen-bond acceptors (Lipinski definition) is 4. The molecule has 1 aromatic carbocycles. The summed E-state index contributed by atoms with van der Waals surface area (Å²) in [5, 5.41) is 7.75. The molecule has 0 amide bonds.